The number of urea groups is 1. The normalized spacial score (nSPS) is 11.1. The number of carbonyl (C=O) groups excluding carboxylic acids is 2. The molecule has 1 aromatic carbocycles. The van der Waals surface area contributed by atoms with Crippen LogP contribution < -0.4 is 10.6 Å². The summed E-state index contributed by atoms with van der Waals surface area (Å²) in [7, 11) is 0. The molecule has 0 spiro atoms. The largest absolute Gasteiger partial charge is 0.342 e. The van der Waals surface area contributed by atoms with Crippen molar-refractivity contribution in [2.24, 2.45) is 0 Å². The average molecular weight is 427 g/mol. The molecule has 0 saturated heterocycles. The van der Waals surface area contributed by atoms with Crippen LogP contribution in [0.3, 0.4) is 0 Å². The summed E-state index contributed by atoms with van der Waals surface area (Å²) in [6.45, 7) is 10.0. The second kappa shape index (κ2) is 10.1. The summed E-state index contributed by atoms with van der Waals surface area (Å²) < 4.78 is 7.10. The van der Waals surface area contributed by atoms with E-state index in [2.05, 4.69) is 20.8 Å². The van der Waals surface area contributed by atoms with E-state index in [1.54, 1.807) is 0 Å². The van der Waals surface area contributed by atoms with Gasteiger partial charge in [0.05, 0.1) is 0 Å². The van der Waals surface area contributed by atoms with E-state index in [1.807, 2.05) is 67.6 Å². The second-order valence-corrected chi connectivity index (χ2v) is 7.62. The zero-order chi connectivity index (χ0) is 22.4. The zero-order valence-electron chi connectivity index (χ0n) is 18.5. The fourth-order valence-electron chi connectivity index (χ4n) is 3.30. The summed E-state index contributed by atoms with van der Waals surface area (Å²) in [6, 6.07) is 7.26. The van der Waals surface area contributed by atoms with Crippen molar-refractivity contribution in [2.75, 3.05) is 25.0 Å². The van der Waals surface area contributed by atoms with Crippen molar-refractivity contribution in [3.8, 4) is 0 Å². The quantitative estimate of drug-likeness (QED) is 0.546. The number of nitrogens with zero attached hydrogens (tertiary/aromatic N) is 4. The van der Waals surface area contributed by atoms with E-state index < -0.39 is 0 Å². The number of benzene rings is 1. The molecule has 0 aliphatic carbocycles. The van der Waals surface area contributed by atoms with Crippen LogP contribution in [0.4, 0.5) is 10.5 Å². The van der Waals surface area contributed by atoms with Gasteiger partial charge in [-0.15, -0.1) is 0 Å². The van der Waals surface area contributed by atoms with Crippen molar-refractivity contribution in [3.63, 3.8) is 0 Å². The van der Waals surface area contributed by atoms with Gasteiger partial charge in [0.15, 0.2) is 5.82 Å². The molecule has 9 nitrogen and oxygen atoms in total. The number of rotatable bonds is 9. The maximum absolute atomic E-state index is 12.4. The summed E-state index contributed by atoms with van der Waals surface area (Å²) in [4.78, 5) is 30.7. The van der Waals surface area contributed by atoms with Gasteiger partial charge in [-0.25, -0.2) is 4.79 Å². The Kier molecular flexibility index (Phi) is 7.28. The molecule has 3 rings (SSSR count). The Hall–Kier alpha value is -3.36. The summed E-state index contributed by atoms with van der Waals surface area (Å²) in [6.07, 6.45) is 2.36. The predicted octanol–water partition coefficient (Wildman–Crippen LogP) is 3.38. The molecular weight excluding hydrogens is 396 g/mol. The van der Waals surface area contributed by atoms with Gasteiger partial charge in [0.1, 0.15) is 6.54 Å². The smallest absolute Gasteiger partial charge is 0.319 e. The SMILES string of the molecule is CCN(CC)C(=O)Cn1ccc2cc(NC(=O)NCCc3nc(C(C)C)no3)ccc21. The van der Waals surface area contributed by atoms with Crippen LogP contribution in [-0.2, 0) is 17.8 Å². The van der Waals surface area contributed by atoms with Crippen LogP contribution in [0.2, 0.25) is 0 Å². The van der Waals surface area contributed by atoms with Gasteiger partial charge in [0, 0.05) is 54.8 Å². The molecule has 31 heavy (non-hydrogen) atoms. The molecule has 0 aliphatic heterocycles. The number of hydrogen-bond acceptors (Lipinski definition) is 5. The van der Waals surface area contributed by atoms with E-state index >= 15 is 0 Å². The summed E-state index contributed by atoms with van der Waals surface area (Å²) in [5.74, 6) is 1.46. The fourth-order valence-corrected chi connectivity index (χ4v) is 3.30. The third kappa shape index (κ3) is 5.62. The predicted molar refractivity (Wildman–Crippen MR) is 119 cm³/mol. The van der Waals surface area contributed by atoms with Crippen LogP contribution >= 0.6 is 0 Å². The highest BCUT2D eigenvalue weighted by Gasteiger charge is 2.13. The molecule has 166 valence electrons. The molecule has 0 atom stereocenters. The fraction of sp³-hybridized carbons (Fsp3) is 0.455. The van der Waals surface area contributed by atoms with Crippen LogP contribution in [0.1, 0.15) is 45.3 Å². The molecule has 9 heteroatoms. The Morgan fingerprint density at radius 3 is 2.65 bits per heavy atom. The number of carbonyl (C=O) groups is 2. The third-order valence-electron chi connectivity index (χ3n) is 5.08. The number of likely N-dealkylation sites (N-methyl/N-ethyl adjacent to an activating group) is 1. The highest BCUT2D eigenvalue weighted by Crippen LogP contribution is 2.21. The Morgan fingerprint density at radius 1 is 1.19 bits per heavy atom. The monoisotopic (exact) mass is 426 g/mol. The van der Waals surface area contributed by atoms with Gasteiger partial charge < -0.3 is 24.6 Å². The number of anilines is 1. The molecule has 2 heterocycles. The van der Waals surface area contributed by atoms with Crippen molar-refractivity contribution >= 4 is 28.5 Å². The maximum Gasteiger partial charge on any atom is 0.319 e. The third-order valence-corrected chi connectivity index (χ3v) is 5.08. The minimum atomic E-state index is -0.306. The minimum Gasteiger partial charge on any atom is -0.342 e. The van der Waals surface area contributed by atoms with Gasteiger partial charge in [-0.05, 0) is 38.1 Å². The summed E-state index contributed by atoms with van der Waals surface area (Å²) in [5, 5.41) is 10.5. The van der Waals surface area contributed by atoms with Crippen molar-refractivity contribution in [1.29, 1.82) is 0 Å². The molecule has 3 aromatic rings. The molecule has 2 aromatic heterocycles. The molecule has 0 fully saturated rings. The molecule has 0 bridgehead atoms. The highest BCUT2D eigenvalue weighted by molar-refractivity contribution is 5.93. The molecule has 0 saturated carbocycles. The number of fused-ring (bicyclic) bond motifs is 1. The first kappa shape index (κ1) is 22.3. The highest BCUT2D eigenvalue weighted by atomic mass is 16.5. The Morgan fingerprint density at radius 2 is 1.97 bits per heavy atom. The Labute approximate surface area is 181 Å². The van der Waals surface area contributed by atoms with E-state index in [0.717, 1.165) is 10.9 Å². The summed E-state index contributed by atoms with van der Waals surface area (Å²) in [5.41, 5.74) is 1.63. The van der Waals surface area contributed by atoms with Crippen LogP contribution in [0.25, 0.3) is 10.9 Å². The second-order valence-electron chi connectivity index (χ2n) is 7.62. The van der Waals surface area contributed by atoms with Gasteiger partial charge in [-0.1, -0.05) is 19.0 Å². The molecular formula is C22H30N6O3. The molecule has 0 aliphatic rings. The number of nitrogens with one attached hydrogen (secondary N) is 2. The lowest BCUT2D eigenvalue weighted by molar-refractivity contribution is -0.131. The van der Waals surface area contributed by atoms with Crippen LogP contribution in [0, 0.1) is 0 Å². The maximum atomic E-state index is 12.4. The van der Waals surface area contributed by atoms with Gasteiger partial charge in [-0.2, -0.15) is 4.98 Å². The lowest BCUT2D eigenvalue weighted by Crippen LogP contribution is -2.33. The first-order chi connectivity index (χ1) is 14.9. The minimum absolute atomic E-state index is 0.0887. The van der Waals surface area contributed by atoms with Crippen LogP contribution in [0.15, 0.2) is 35.0 Å². The lowest BCUT2D eigenvalue weighted by atomic mass is 10.2. The van der Waals surface area contributed by atoms with Crippen molar-refractivity contribution in [2.45, 2.75) is 46.6 Å². The Bertz CT molecular complexity index is 1030. The lowest BCUT2D eigenvalue weighted by Gasteiger charge is -2.19. The zero-order valence-corrected chi connectivity index (χ0v) is 18.5. The summed E-state index contributed by atoms with van der Waals surface area (Å²) >= 11 is 0. The first-order valence-electron chi connectivity index (χ1n) is 10.6. The van der Waals surface area contributed by atoms with Crippen molar-refractivity contribution in [3.05, 3.63) is 42.2 Å². The van der Waals surface area contributed by atoms with Crippen LogP contribution in [0.5, 0.6) is 0 Å². The van der Waals surface area contributed by atoms with Gasteiger partial charge in [-0.3, -0.25) is 4.79 Å². The first-order valence-corrected chi connectivity index (χ1v) is 10.6. The van der Waals surface area contributed by atoms with Crippen LogP contribution in [-0.4, -0.2) is 51.2 Å². The van der Waals surface area contributed by atoms with E-state index in [0.29, 0.717) is 50.0 Å². The van der Waals surface area contributed by atoms with Crippen molar-refractivity contribution < 1.29 is 14.1 Å². The number of aromatic nitrogens is 3. The van der Waals surface area contributed by atoms with E-state index in [-0.39, 0.29) is 17.9 Å². The van der Waals surface area contributed by atoms with Crippen molar-refractivity contribution in [1.82, 2.24) is 24.9 Å². The standard InChI is InChI=1S/C22H30N6O3/c1-5-27(6-2)20(29)14-28-12-10-16-13-17(7-8-18(16)28)24-22(30)23-11-9-19-25-21(15(3)4)26-31-19/h7-8,10,12-13,15H,5-6,9,11,14H2,1-4H3,(H2,23,24,30). The van der Waals surface area contributed by atoms with E-state index in [4.69, 9.17) is 4.52 Å². The molecule has 0 radical (unpaired) electrons. The van der Waals surface area contributed by atoms with Gasteiger partial charge in [0.2, 0.25) is 11.8 Å². The average Bonchev–Trinajstić information content (AvgIpc) is 3.36. The van der Waals surface area contributed by atoms with Gasteiger partial charge in [0.25, 0.3) is 0 Å². The molecule has 0 unspecified atom stereocenters. The number of hydrogen-bond donors (Lipinski definition) is 2. The van der Waals surface area contributed by atoms with E-state index in [1.165, 1.54) is 0 Å². The number of amides is 3. The topological polar surface area (TPSA) is 105 Å². The van der Waals surface area contributed by atoms with Gasteiger partial charge >= 0.3 is 6.03 Å². The van der Waals surface area contributed by atoms with E-state index in [9.17, 15) is 9.59 Å². The molecule has 3 amide bonds. The Balaban J connectivity index is 1.54. The molecule has 2 N–H and O–H groups in total.